The number of nitrogens with zero attached hydrogens (tertiary/aromatic N) is 5. The second-order valence-corrected chi connectivity index (χ2v) is 11.7. The minimum atomic E-state index is -0.254. The Hall–Kier alpha value is -3.27. The third-order valence-corrected chi connectivity index (χ3v) is 9.18. The number of urea groups is 1. The largest absolute Gasteiger partial charge is 0.393 e. The predicted octanol–water partition coefficient (Wildman–Crippen LogP) is 4.60. The molecule has 9 heteroatoms. The summed E-state index contributed by atoms with van der Waals surface area (Å²) in [5.41, 5.74) is 5.03. The number of aliphatic hydroxyl groups is 1. The second-order valence-electron chi connectivity index (χ2n) is 10.7. The lowest BCUT2D eigenvalue weighted by Crippen LogP contribution is -2.54. The van der Waals surface area contributed by atoms with Gasteiger partial charge in [0.15, 0.2) is 0 Å². The van der Waals surface area contributed by atoms with Gasteiger partial charge in [-0.15, -0.1) is 11.3 Å². The van der Waals surface area contributed by atoms with Gasteiger partial charge >= 0.3 is 6.03 Å². The van der Waals surface area contributed by atoms with Gasteiger partial charge < -0.3 is 20.2 Å². The minimum Gasteiger partial charge on any atom is -0.393 e. The first-order valence-corrected chi connectivity index (χ1v) is 14.8. The standard InChI is InChI=1S/C30H36N6O2S/c37-25-10-12-35(13-11-25)30(38)36-16-14-34(15-17-36)20-23-6-8-24(9-7-23)27-18-26-28(39-27)29(33-21-32-26)31-19-22-4-2-1-3-5-22/h1-6,8,18,21,25,37H,7,9-17,19-20H2,(H,31,32,33). The molecule has 39 heavy (non-hydrogen) atoms. The monoisotopic (exact) mass is 544 g/mol. The molecule has 1 aromatic carbocycles. The average Bonchev–Trinajstić information content (AvgIpc) is 3.43. The SMILES string of the molecule is O=C(N1CCC(O)CC1)N1CCN(CC2=CC=C(c3cc4ncnc(NCc5ccccc5)c4s3)CC2)CC1. The summed E-state index contributed by atoms with van der Waals surface area (Å²) in [6, 6.07) is 12.7. The van der Waals surface area contributed by atoms with E-state index >= 15 is 0 Å². The number of piperazine rings is 1. The summed E-state index contributed by atoms with van der Waals surface area (Å²) in [6.07, 6.45) is 9.42. The van der Waals surface area contributed by atoms with Crippen molar-refractivity contribution in [2.75, 3.05) is 51.1 Å². The molecule has 1 aliphatic carbocycles. The number of nitrogens with one attached hydrogen (secondary N) is 1. The van der Waals surface area contributed by atoms with Crippen LogP contribution in [0.15, 0.2) is 60.5 Å². The molecule has 8 nitrogen and oxygen atoms in total. The number of aromatic nitrogens is 2. The van der Waals surface area contributed by atoms with Crippen LogP contribution in [0.25, 0.3) is 15.8 Å². The summed E-state index contributed by atoms with van der Waals surface area (Å²) in [5, 5.41) is 13.2. The summed E-state index contributed by atoms with van der Waals surface area (Å²) >= 11 is 1.77. The van der Waals surface area contributed by atoms with E-state index < -0.39 is 0 Å². The molecule has 2 saturated heterocycles. The van der Waals surface area contributed by atoms with Crippen LogP contribution >= 0.6 is 11.3 Å². The number of aliphatic hydroxyl groups excluding tert-OH is 1. The number of allylic oxidation sites excluding steroid dienone is 3. The number of fused-ring (bicyclic) bond motifs is 1. The van der Waals surface area contributed by atoms with E-state index in [1.165, 1.54) is 21.6 Å². The van der Waals surface area contributed by atoms with Crippen molar-refractivity contribution in [1.82, 2.24) is 24.7 Å². The number of thiophene rings is 1. The molecule has 2 aromatic heterocycles. The molecular formula is C30H36N6O2S. The van der Waals surface area contributed by atoms with Crippen molar-refractivity contribution in [2.24, 2.45) is 0 Å². The molecular weight excluding hydrogens is 508 g/mol. The lowest BCUT2D eigenvalue weighted by molar-refractivity contribution is 0.0719. The van der Waals surface area contributed by atoms with E-state index in [1.807, 2.05) is 15.9 Å². The maximum atomic E-state index is 12.8. The smallest absolute Gasteiger partial charge is 0.320 e. The molecule has 3 aliphatic rings. The molecule has 0 unspecified atom stereocenters. The molecule has 2 amide bonds. The lowest BCUT2D eigenvalue weighted by Gasteiger charge is -2.39. The molecule has 4 heterocycles. The van der Waals surface area contributed by atoms with Crippen molar-refractivity contribution < 1.29 is 9.90 Å². The summed E-state index contributed by atoms with van der Waals surface area (Å²) in [5.74, 6) is 0.892. The number of hydrogen-bond donors (Lipinski definition) is 2. The third kappa shape index (κ3) is 6.16. The molecule has 3 aromatic rings. The first-order valence-electron chi connectivity index (χ1n) is 14.0. The van der Waals surface area contributed by atoms with Crippen LogP contribution < -0.4 is 5.32 Å². The number of rotatable bonds is 6. The van der Waals surface area contributed by atoms with Gasteiger partial charge in [-0.1, -0.05) is 48.1 Å². The highest BCUT2D eigenvalue weighted by atomic mass is 32.1. The Labute approximate surface area is 233 Å². The zero-order valence-corrected chi connectivity index (χ0v) is 23.1. The van der Waals surface area contributed by atoms with Crippen molar-refractivity contribution in [3.63, 3.8) is 0 Å². The Morgan fingerprint density at radius 3 is 2.49 bits per heavy atom. The fourth-order valence-electron chi connectivity index (χ4n) is 5.58. The second kappa shape index (κ2) is 11.9. The number of carbonyl (C=O) groups is 1. The Balaban J connectivity index is 1.04. The van der Waals surface area contributed by atoms with E-state index in [0.717, 1.165) is 68.1 Å². The number of likely N-dealkylation sites (tertiary alicyclic amines) is 1. The minimum absolute atomic E-state index is 0.137. The Kier molecular flexibility index (Phi) is 7.90. The zero-order valence-electron chi connectivity index (χ0n) is 22.3. The van der Waals surface area contributed by atoms with E-state index in [0.29, 0.717) is 25.9 Å². The van der Waals surface area contributed by atoms with Gasteiger partial charge in [-0.3, -0.25) is 4.90 Å². The Bertz CT molecular complexity index is 1350. The fraction of sp³-hybridized carbons (Fsp3) is 0.433. The van der Waals surface area contributed by atoms with Crippen LogP contribution in [0.5, 0.6) is 0 Å². The van der Waals surface area contributed by atoms with Crippen LogP contribution in [0.4, 0.5) is 10.6 Å². The quantitative estimate of drug-likeness (QED) is 0.472. The van der Waals surface area contributed by atoms with Gasteiger partial charge in [0, 0.05) is 57.2 Å². The molecule has 6 rings (SSSR count). The Morgan fingerprint density at radius 2 is 1.74 bits per heavy atom. The summed E-state index contributed by atoms with van der Waals surface area (Å²) in [7, 11) is 0. The van der Waals surface area contributed by atoms with Crippen molar-refractivity contribution in [1.29, 1.82) is 0 Å². The van der Waals surface area contributed by atoms with Gasteiger partial charge in [0.2, 0.25) is 0 Å². The molecule has 0 atom stereocenters. The number of benzene rings is 1. The van der Waals surface area contributed by atoms with Crippen LogP contribution in [-0.4, -0.2) is 87.7 Å². The van der Waals surface area contributed by atoms with Crippen LogP contribution in [0.1, 0.15) is 36.1 Å². The van der Waals surface area contributed by atoms with Gasteiger partial charge in [-0.25, -0.2) is 14.8 Å². The van der Waals surface area contributed by atoms with Crippen LogP contribution in [0, 0.1) is 0 Å². The predicted molar refractivity (Wildman–Crippen MR) is 157 cm³/mol. The first-order chi connectivity index (χ1) is 19.1. The highest BCUT2D eigenvalue weighted by molar-refractivity contribution is 7.20. The topological polar surface area (TPSA) is 84.8 Å². The van der Waals surface area contributed by atoms with Crippen LogP contribution in [0.3, 0.4) is 0 Å². The van der Waals surface area contributed by atoms with Crippen molar-refractivity contribution >= 4 is 39.0 Å². The average molecular weight is 545 g/mol. The number of carbonyl (C=O) groups excluding carboxylic acids is 1. The molecule has 2 aliphatic heterocycles. The molecule has 2 N–H and O–H groups in total. The maximum absolute atomic E-state index is 12.8. The number of amides is 2. The van der Waals surface area contributed by atoms with Gasteiger partial charge in [-0.2, -0.15) is 0 Å². The molecule has 2 fully saturated rings. The summed E-state index contributed by atoms with van der Waals surface area (Å²) in [4.78, 5) is 29.5. The van der Waals surface area contributed by atoms with Crippen molar-refractivity contribution in [3.05, 3.63) is 70.9 Å². The first kappa shape index (κ1) is 26.0. The van der Waals surface area contributed by atoms with Crippen LogP contribution in [-0.2, 0) is 6.54 Å². The summed E-state index contributed by atoms with van der Waals surface area (Å²) < 4.78 is 1.10. The molecule has 0 bridgehead atoms. The van der Waals surface area contributed by atoms with Gasteiger partial charge in [0.25, 0.3) is 0 Å². The number of hydrogen-bond acceptors (Lipinski definition) is 7. The molecule has 0 saturated carbocycles. The zero-order chi connectivity index (χ0) is 26.6. The Morgan fingerprint density at radius 1 is 0.974 bits per heavy atom. The van der Waals surface area contributed by atoms with E-state index in [4.69, 9.17) is 0 Å². The highest BCUT2D eigenvalue weighted by Gasteiger charge is 2.28. The number of anilines is 1. The van der Waals surface area contributed by atoms with Crippen molar-refractivity contribution in [3.8, 4) is 0 Å². The van der Waals surface area contributed by atoms with Crippen LogP contribution in [0.2, 0.25) is 0 Å². The number of piperidine rings is 1. The lowest BCUT2D eigenvalue weighted by atomic mass is 9.97. The fourth-order valence-corrected chi connectivity index (χ4v) is 6.71. The normalized spacial score (nSPS) is 19.2. The van der Waals surface area contributed by atoms with E-state index in [-0.39, 0.29) is 12.1 Å². The molecule has 0 radical (unpaired) electrons. The van der Waals surface area contributed by atoms with E-state index in [1.54, 1.807) is 17.7 Å². The van der Waals surface area contributed by atoms with E-state index in [9.17, 15) is 9.90 Å². The summed E-state index contributed by atoms with van der Waals surface area (Å²) in [6.45, 7) is 6.39. The van der Waals surface area contributed by atoms with E-state index in [2.05, 4.69) is 62.7 Å². The van der Waals surface area contributed by atoms with Gasteiger partial charge in [-0.05, 0) is 42.9 Å². The highest BCUT2D eigenvalue weighted by Crippen LogP contribution is 2.37. The molecule has 0 spiro atoms. The maximum Gasteiger partial charge on any atom is 0.320 e. The van der Waals surface area contributed by atoms with Gasteiger partial charge in [0.1, 0.15) is 12.1 Å². The van der Waals surface area contributed by atoms with Gasteiger partial charge in [0.05, 0.1) is 16.3 Å². The van der Waals surface area contributed by atoms with Crippen molar-refractivity contribution in [2.45, 2.75) is 38.3 Å². The third-order valence-electron chi connectivity index (χ3n) is 7.97. The molecule has 204 valence electrons.